The van der Waals surface area contributed by atoms with Crippen LogP contribution in [0.25, 0.3) is 11.3 Å². The summed E-state index contributed by atoms with van der Waals surface area (Å²) >= 11 is 11.8. The summed E-state index contributed by atoms with van der Waals surface area (Å²) in [4.78, 5) is 4.00. The van der Waals surface area contributed by atoms with Crippen LogP contribution in [-0.4, -0.2) is 4.98 Å². The van der Waals surface area contributed by atoms with Crippen molar-refractivity contribution in [3.63, 3.8) is 0 Å². The van der Waals surface area contributed by atoms with Crippen LogP contribution in [-0.2, 0) is 0 Å². The fourth-order valence-electron chi connectivity index (χ4n) is 1.41. The number of nitrogens with zero attached hydrogens (tertiary/aromatic N) is 1. The molecule has 0 aliphatic heterocycles. The summed E-state index contributed by atoms with van der Waals surface area (Å²) in [5, 5.41) is 0.909. The van der Waals surface area contributed by atoms with Gasteiger partial charge < -0.3 is 0 Å². The highest BCUT2D eigenvalue weighted by Crippen LogP contribution is 2.31. The number of hydrogen-bond donors (Lipinski definition) is 0. The first-order valence-electron chi connectivity index (χ1n) is 4.66. The molecule has 1 aromatic carbocycles. The van der Waals surface area contributed by atoms with Crippen molar-refractivity contribution in [3.05, 3.63) is 51.9 Å². The number of hydrogen-bond acceptors (Lipinski definition) is 1. The van der Waals surface area contributed by atoms with Crippen molar-refractivity contribution < 1.29 is 4.39 Å². The lowest BCUT2D eigenvalue weighted by molar-refractivity contribution is 0.616. The van der Waals surface area contributed by atoms with Crippen LogP contribution < -0.4 is 0 Å². The van der Waals surface area contributed by atoms with Crippen LogP contribution in [0.2, 0.25) is 10.0 Å². The molecule has 0 N–H and O–H groups in total. The quantitative estimate of drug-likeness (QED) is 0.731. The van der Waals surface area contributed by atoms with Crippen LogP contribution in [0.3, 0.4) is 0 Å². The summed E-state index contributed by atoms with van der Waals surface area (Å²) in [6, 6.07) is 6.51. The standard InChI is InChI=1S/C12H8Cl2FN/c1-7-4-5-16-12(11(7)15)9-3-2-8(13)6-10(9)14/h2-6H,1H3. The van der Waals surface area contributed by atoms with Crippen molar-refractivity contribution in [2.45, 2.75) is 6.92 Å². The van der Waals surface area contributed by atoms with Crippen molar-refractivity contribution in [3.8, 4) is 11.3 Å². The first-order chi connectivity index (χ1) is 7.59. The molecule has 16 heavy (non-hydrogen) atoms. The molecule has 4 heteroatoms. The van der Waals surface area contributed by atoms with Crippen molar-refractivity contribution in [2.24, 2.45) is 0 Å². The average Bonchev–Trinajstić information content (AvgIpc) is 2.23. The predicted octanol–water partition coefficient (Wildman–Crippen LogP) is 4.50. The van der Waals surface area contributed by atoms with Gasteiger partial charge in [0.2, 0.25) is 0 Å². The molecule has 2 rings (SSSR count). The Hall–Kier alpha value is -1.12. The minimum Gasteiger partial charge on any atom is -0.253 e. The largest absolute Gasteiger partial charge is 0.253 e. The minimum atomic E-state index is -0.355. The molecule has 1 nitrogen and oxygen atoms in total. The SMILES string of the molecule is Cc1ccnc(-c2ccc(Cl)cc2Cl)c1F. The summed E-state index contributed by atoms with van der Waals surface area (Å²) < 4.78 is 13.8. The van der Waals surface area contributed by atoms with Gasteiger partial charge in [0.25, 0.3) is 0 Å². The van der Waals surface area contributed by atoms with Gasteiger partial charge in [-0.2, -0.15) is 0 Å². The second kappa shape index (κ2) is 4.40. The number of benzene rings is 1. The zero-order chi connectivity index (χ0) is 11.7. The highest BCUT2D eigenvalue weighted by Gasteiger charge is 2.12. The molecule has 0 radical (unpaired) electrons. The highest BCUT2D eigenvalue weighted by atomic mass is 35.5. The van der Waals surface area contributed by atoms with Crippen LogP contribution in [0.1, 0.15) is 5.56 Å². The van der Waals surface area contributed by atoms with Crippen LogP contribution in [0.4, 0.5) is 4.39 Å². The summed E-state index contributed by atoms with van der Waals surface area (Å²) in [7, 11) is 0. The Kier molecular flexibility index (Phi) is 3.13. The van der Waals surface area contributed by atoms with E-state index in [-0.39, 0.29) is 11.5 Å². The second-order valence-electron chi connectivity index (χ2n) is 3.41. The number of rotatable bonds is 1. The van der Waals surface area contributed by atoms with Crippen LogP contribution in [0, 0.1) is 12.7 Å². The third kappa shape index (κ3) is 2.04. The lowest BCUT2D eigenvalue weighted by Crippen LogP contribution is -1.92. The van der Waals surface area contributed by atoms with Gasteiger partial charge in [0, 0.05) is 16.8 Å². The molecular weight excluding hydrogens is 248 g/mol. The highest BCUT2D eigenvalue weighted by molar-refractivity contribution is 6.36. The van der Waals surface area contributed by atoms with E-state index in [1.165, 1.54) is 0 Å². The Balaban J connectivity index is 2.63. The monoisotopic (exact) mass is 255 g/mol. The smallest absolute Gasteiger partial charge is 0.152 e. The van der Waals surface area contributed by atoms with E-state index in [1.807, 2.05) is 0 Å². The lowest BCUT2D eigenvalue weighted by Gasteiger charge is -2.06. The zero-order valence-electron chi connectivity index (χ0n) is 8.47. The first kappa shape index (κ1) is 11.4. The van der Waals surface area contributed by atoms with Crippen molar-refractivity contribution in [1.29, 1.82) is 0 Å². The minimum absolute atomic E-state index is 0.252. The lowest BCUT2D eigenvalue weighted by atomic mass is 10.1. The molecule has 0 bridgehead atoms. The van der Waals surface area contributed by atoms with Gasteiger partial charge in [-0.1, -0.05) is 23.2 Å². The number of aryl methyl sites for hydroxylation is 1. The fraction of sp³-hybridized carbons (Fsp3) is 0.0833. The predicted molar refractivity (Wildman–Crippen MR) is 64.4 cm³/mol. The van der Waals surface area contributed by atoms with Gasteiger partial charge in [-0.05, 0) is 36.8 Å². The topological polar surface area (TPSA) is 12.9 Å². The van der Waals surface area contributed by atoms with E-state index in [2.05, 4.69) is 4.98 Å². The van der Waals surface area contributed by atoms with E-state index in [4.69, 9.17) is 23.2 Å². The molecule has 0 fully saturated rings. The Morgan fingerprint density at radius 2 is 1.94 bits per heavy atom. The number of aromatic nitrogens is 1. The maximum atomic E-state index is 13.8. The van der Waals surface area contributed by atoms with Gasteiger partial charge in [-0.3, -0.25) is 4.98 Å². The molecule has 1 aromatic heterocycles. The summed E-state index contributed by atoms with van der Waals surface area (Å²) in [6.07, 6.45) is 1.55. The van der Waals surface area contributed by atoms with Gasteiger partial charge in [0.15, 0.2) is 5.82 Å². The van der Waals surface area contributed by atoms with E-state index in [0.29, 0.717) is 21.2 Å². The maximum Gasteiger partial charge on any atom is 0.152 e. The molecule has 1 heterocycles. The zero-order valence-corrected chi connectivity index (χ0v) is 9.98. The molecular formula is C12H8Cl2FN. The molecule has 0 spiro atoms. The first-order valence-corrected chi connectivity index (χ1v) is 5.41. The Bertz CT molecular complexity index is 541. The van der Waals surface area contributed by atoms with Crippen molar-refractivity contribution in [1.82, 2.24) is 4.98 Å². The Labute approximate surface area is 103 Å². The van der Waals surface area contributed by atoms with Gasteiger partial charge in [0.05, 0.1) is 5.02 Å². The third-order valence-electron chi connectivity index (χ3n) is 2.27. The summed E-state index contributed by atoms with van der Waals surface area (Å²) in [5.41, 5.74) is 1.34. The molecule has 82 valence electrons. The van der Waals surface area contributed by atoms with E-state index in [0.717, 1.165) is 0 Å². The molecule has 0 saturated heterocycles. The molecule has 2 aromatic rings. The molecule has 0 unspecified atom stereocenters. The fourth-order valence-corrected chi connectivity index (χ4v) is 1.91. The van der Waals surface area contributed by atoms with E-state index in [1.54, 1.807) is 37.4 Å². The van der Waals surface area contributed by atoms with Gasteiger partial charge >= 0.3 is 0 Å². The van der Waals surface area contributed by atoms with Gasteiger partial charge in [0.1, 0.15) is 5.69 Å². The molecule has 0 saturated carbocycles. The van der Waals surface area contributed by atoms with E-state index >= 15 is 0 Å². The summed E-state index contributed by atoms with van der Waals surface area (Å²) in [5.74, 6) is -0.355. The van der Waals surface area contributed by atoms with Crippen LogP contribution in [0.5, 0.6) is 0 Å². The van der Waals surface area contributed by atoms with Gasteiger partial charge in [-0.25, -0.2) is 4.39 Å². The second-order valence-corrected chi connectivity index (χ2v) is 4.26. The normalized spacial score (nSPS) is 10.5. The van der Waals surface area contributed by atoms with Gasteiger partial charge in [-0.15, -0.1) is 0 Å². The summed E-state index contributed by atoms with van der Waals surface area (Å²) in [6.45, 7) is 1.68. The Morgan fingerprint density at radius 1 is 1.19 bits per heavy atom. The number of halogens is 3. The molecule has 0 atom stereocenters. The van der Waals surface area contributed by atoms with Crippen LogP contribution >= 0.6 is 23.2 Å². The van der Waals surface area contributed by atoms with E-state index < -0.39 is 0 Å². The Morgan fingerprint density at radius 3 is 2.62 bits per heavy atom. The number of pyridine rings is 1. The third-order valence-corrected chi connectivity index (χ3v) is 2.82. The average molecular weight is 256 g/mol. The molecule has 0 amide bonds. The maximum absolute atomic E-state index is 13.8. The molecule has 0 aliphatic rings. The van der Waals surface area contributed by atoms with Crippen molar-refractivity contribution in [2.75, 3.05) is 0 Å². The van der Waals surface area contributed by atoms with Crippen molar-refractivity contribution >= 4 is 23.2 Å². The van der Waals surface area contributed by atoms with E-state index in [9.17, 15) is 4.39 Å². The molecule has 0 aliphatic carbocycles. The van der Waals surface area contributed by atoms with Crippen LogP contribution in [0.15, 0.2) is 30.5 Å².